The summed E-state index contributed by atoms with van der Waals surface area (Å²) in [5.74, 6) is 2.84. The minimum Gasteiger partial charge on any atom is -0.458 e. The molecule has 4 nitrogen and oxygen atoms in total. The molecule has 0 saturated heterocycles. The fourth-order valence-electron chi connectivity index (χ4n) is 8.85. The summed E-state index contributed by atoms with van der Waals surface area (Å²) in [6.45, 7) is 0.0326. The highest BCUT2D eigenvalue weighted by atomic mass is 32.2. The summed E-state index contributed by atoms with van der Waals surface area (Å²) in [5, 5.41) is 2.59. The Hall–Kier alpha value is -5.65. The zero-order valence-corrected chi connectivity index (χ0v) is 26.4. The predicted molar refractivity (Wildman–Crippen MR) is 200 cm³/mol. The molecule has 0 saturated carbocycles. The second-order valence-corrected chi connectivity index (χ2v) is 14.1. The maximum Gasteiger partial charge on any atom is 0.277 e. The van der Waals surface area contributed by atoms with Crippen LogP contribution in [0.2, 0.25) is 0 Å². The Labute approximate surface area is 281 Å². The Morgan fingerprint density at radius 2 is 1.31 bits per heavy atom. The molecule has 220 valence electrons. The number of nitrogens with zero attached hydrogens (tertiary/aromatic N) is 3. The van der Waals surface area contributed by atoms with Crippen LogP contribution in [0.1, 0.15) is 0 Å². The van der Waals surface area contributed by atoms with E-state index in [1.54, 1.807) is 0 Å². The molecule has 48 heavy (non-hydrogen) atoms. The zero-order valence-electron chi connectivity index (χ0n) is 25.6. The van der Waals surface area contributed by atoms with Crippen molar-refractivity contribution in [3.63, 3.8) is 0 Å². The van der Waals surface area contributed by atoms with Crippen LogP contribution in [0.15, 0.2) is 149 Å². The number of aromatic nitrogens is 2. The highest BCUT2D eigenvalue weighted by Crippen LogP contribution is 2.42. The minimum atomic E-state index is -0.00891. The highest BCUT2D eigenvalue weighted by molar-refractivity contribution is 8.00. The molecule has 2 aromatic heterocycles. The van der Waals surface area contributed by atoms with Gasteiger partial charge in [-0.1, -0.05) is 96.7 Å². The molecule has 0 atom stereocenters. The number of anilines is 3. The number of hydrogen-bond donors (Lipinski definition) is 0. The molecule has 7 heteroatoms. The van der Waals surface area contributed by atoms with Gasteiger partial charge in [-0.25, -0.2) is 4.98 Å². The summed E-state index contributed by atoms with van der Waals surface area (Å²) < 4.78 is 8.98. The van der Waals surface area contributed by atoms with E-state index in [1.807, 2.05) is 11.8 Å². The lowest BCUT2D eigenvalue weighted by atomic mass is 9.33. The first-order valence-corrected chi connectivity index (χ1v) is 17.3. The average molecular weight is 627 g/mol. The first kappa shape index (κ1) is 25.4. The molecule has 4 aliphatic rings. The Morgan fingerprint density at radius 1 is 0.562 bits per heavy atom. The molecule has 8 aromatic rings. The van der Waals surface area contributed by atoms with Gasteiger partial charge in [0.25, 0.3) is 13.4 Å². The summed E-state index contributed by atoms with van der Waals surface area (Å²) >= 11 is 1.83. The van der Waals surface area contributed by atoms with Crippen molar-refractivity contribution in [1.82, 2.24) is 9.55 Å². The maximum atomic E-state index is 6.48. The zero-order chi connectivity index (χ0) is 31.1. The van der Waals surface area contributed by atoms with Crippen molar-refractivity contribution in [1.29, 1.82) is 0 Å². The van der Waals surface area contributed by atoms with Gasteiger partial charge in [-0.2, -0.15) is 0 Å². The van der Waals surface area contributed by atoms with Crippen molar-refractivity contribution < 1.29 is 4.74 Å². The molecule has 0 N–H and O–H groups in total. The molecule has 0 radical (unpaired) electrons. The topological polar surface area (TPSA) is 30.3 Å². The first-order chi connectivity index (χ1) is 23.8. The van der Waals surface area contributed by atoms with Gasteiger partial charge in [0.05, 0.1) is 5.52 Å². The van der Waals surface area contributed by atoms with Crippen LogP contribution in [0.4, 0.5) is 17.2 Å². The molecule has 4 aliphatic heterocycles. The smallest absolute Gasteiger partial charge is 0.277 e. The molecule has 0 unspecified atom stereocenters. The number of rotatable bonds is 1. The van der Waals surface area contributed by atoms with Crippen LogP contribution in [0.3, 0.4) is 0 Å². The Kier molecular flexibility index (Phi) is 4.79. The summed E-state index contributed by atoms with van der Waals surface area (Å²) in [6.07, 6.45) is 0. The second kappa shape index (κ2) is 9.03. The van der Waals surface area contributed by atoms with Gasteiger partial charge in [0.15, 0.2) is 0 Å². The molecule has 0 spiro atoms. The molecule has 0 amide bonds. The summed E-state index contributed by atoms with van der Waals surface area (Å²) in [4.78, 5) is 10.6. The van der Waals surface area contributed by atoms with Gasteiger partial charge in [-0.3, -0.25) is 4.90 Å². The van der Waals surface area contributed by atoms with Crippen molar-refractivity contribution in [3.8, 4) is 17.2 Å². The molecule has 12 rings (SSSR count). The minimum absolute atomic E-state index is 0.00891. The van der Waals surface area contributed by atoms with Gasteiger partial charge in [0.2, 0.25) is 0 Å². The lowest BCUT2D eigenvalue weighted by Crippen LogP contribution is -2.63. The molecule has 0 aliphatic carbocycles. The van der Waals surface area contributed by atoms with Gasteiger partial charge >= 0.3 is 0 Å². The Balaban J connectivity index is 1.21. The van der Waals surface area contributed by atoms with Crippen molar-refractivity contribution in [2.75, 3.05) is 4.90 Å². The third-order valence-corrected chi connectivity index (χ3v) is 11.8. The van der Waals surface area contributed by atoms with E-state index in [-0.39, 0.29) is 13.4 Å². The van der Waals surface area contributed by atoms with E-state index < -0.39 is 0 Å². The van der Waals surface area contributed by atoms with Crippen LogP contribution in [0, 0.1) is 0 Å². The number of ether oxygens (including phenoxy) is 1. The van der Waals surface area contributed by atoms with Crippen molar-refractivity contribution in [2.45, 2.75) is 9.79 Å². The van der Waals surface area contributed by atoms with Gasteiger partial charge in [0, 0.05) is 48.7 Å². The molecule has 6 heterocycles. The molecular weight excluding hydrogens is 604 g/mol. The number of pyridine rings is 1. The highest BCUT2D eigenvalue weighted by Gasteiger charge is 2.46. The van der Waals surface area contributed by atoms with Crippen LogP contribution in [0.25, 0.3) is 27.5 Å². The van der Waals surface area contributed by atoms with Gasteiger partial charge in [-0.15, -0.1) is 0 Å². The summed E-state index contributed by atoms with van der Waals surface area (Å²) in [7, 11) is 0. The SMILES string of the molecule is c1ccc(N2c3cccc4c3B(c3cc5c(nc32)B2c3ccccc3Oc3cccc(c32)S5)c2cccc3c5ccccc5n-4c23)cc1. The largest absolute Gasteiger partial charge is 0.458 e. The average Bonchev–Trinajstić information content (AvgIpc) is 3.48. The van der Waals surface area contributed by atoms with E-state index in [0.29, 0.717) is 0 Å². The fourth-order valence-corrected chi connectivity index (χ4v) is 10.0. The Bertz CT molecular complexity index is 2720. The molecular formula is C41H23B2N3OS. The summed E-state index contributed by atoms with van der Waals surface area (Å²) in [6, 6.07) is 50.6. The number of para-hydroxylation sites is 4. The predicted octanol–water partition coefficient (Wildman–Crippen LogP) is 5.88. The number of hydrogen-bond acceptors (Lipinski definition) is 4. The van der Waals surface area contributed by atoms with Crippen LogP contribution >= 0.6 is 11.8 Å². The molecule has 0 fully saturated rings. The number of fused-ring (bicyclic) bond motifs is 11. The monoisotopic (exact) mass is 627 g/mol. The lowest BCUT2D eigenvalue weighted by molar-refractivity contribution is 0.486. The summed E-state index contributed by atoms with van der Waals surface area (Å²) in [5.41, 5.74) is 13.5. The van der Waals surface area contributed by atoms with E-state index in [4.69, 9.17) is 9.72 Å². The van der Waals surface area contributed by atoms with Crippen molar-refractivity contribution in [2.24, 2.45) is 0 Å². The number of benzene rings is 6. The fraction of sp³-hybridized carbons (Fsp3) is 0. The van der Waals surface area contributed by atoms with Gasteiger partial charge in [-0.05, 0) is 81.9 Å². The van der Waals surface area contributed by atoms with Crippen LogP contribution < -0.4 is 42.5 Å². The van der Waals surface area contributed by atoms with E-state index >= 15 is 0 Å². The lowest BCUT2D eigenvalue weighted by Gasteiger charge is -2.41. The standard InChI is InChI=1S/C41H23B2N3OS/c1-2-11-24(12-3-1)45-31-18-9-19-32-37(31)42(28-16-8-14-26-25-13-4-6-17-30(25)46(32)39(26)28)29-23-36-40(44-41(29)45)43-27-15-5-7-20-33(27)47-34-21-10-22-35(48-36)38(34)43/h1-23H. The van der Waals surface area contributed by atoms with E-state index in [9.17, 15) is 0 Å². The van der Waals surface area contributed by atoms with Gasteiger partial charge in [0.1, 0.15) is 17.3 Å². The Morgan fingerprint density at radius 3 is 2.27 bits per heavy atom. The van der Waals surface area contributed by atoms with Crippen molar-refractivity contribution in [3.05, 3.63) is 140 Å². The van der Waals surface area contributed by atoms with E-state index in [0.717, 1.165) is 28.6 Å². The van der Waals surface area contributed by atoms with Gasteiger partial charge < -0.3 is 9.30 Å². The van der Waals surface area contributed by atoms with Crippen LogP contribution in [-0.4, -0.2) is 23.0 Å². The third kappa shape index (κ3) is 3.08. The molecule has 0 bridgehead atoms. The third-order valence-electron chi connectivity index (χ3n) is 10.7. The maximum absolute atomic E-state index is 6.48. The van der Waals surface area contributed by atoms with E-state index in [1.165, 1.54) is 70.3 Å². The van der Waals surface area contributed by atoms with E-state index in [2.05, 4.69) is 149 Å². The van der Waals surface area contributed by atoms with Crippen LogP contribution in [0.5, 0.6) is 11.5 Å². The molecule has 6 aromatic carbocycles. The quantitative estimate of drug-likeness (QED) is 0.213. The van der Waals surface area contributed by atoms with Crippen molar-refractivity contribution >= 4 is 97.1 Å². The normalized spacial score (nSPS) is 14.2. The van der Waals surface area contributed by atoms with Crippen LogP contribution in [-0.2, 0) is 0 Å². The second-order valence-electron chi connectivity index (χ2n) is 13.0. The first-order valence-electron chi connectivity index (χ1n) is 16.5.